The molecule has 3 heteroatoms. The summed E-state index contributed by atoms with van der Waals surface area (Å²) in [6.45, 7) is 4.76. The number of hydrogen-bond acceptors (Lipinski definition) is 2. The highest BCUT2D eigenvalue weighted by atomic mass is 16.5. The van der Waals surface area contributed by atoms with Gasteiger partial charge in [-0.1, -0.05) is 62.6 Å². The molecule has 160 valence electrons. The van der Waals surface area contributed by atoms with Crippen LogP contribution in [0.4, 0.5) is 5.69 Å². The summed E-state index contributed by atoms with van der Waals surface area (Å²) in [5, 5.41) is 2.95. The number of nitrogens with one attached hydrogen (secondary N) is 1. The molecular formula is C26H39NO2. The minimum Gasteiger partial charge on any atom is -0.494 e. The third-order valence-corrected chi connectivity index (χ3v) is 4.50. The van der Waals surface area contributed by atoms with Crippen molar-refractivity contribution in [3.8, 4) is 5.75 Å². The smallest absolute Gasteiger partial charge is 0.224 e. The highest BCUT2D eigenvalue weighted by Crippen LogP contribution is 2.16. The lowest BCUT2D eigenvalue weighted by molar-refractivity contribution is -0.116. The Morgan fingerprint density at radius 3 is 2.14 bits per heavy atom. The number of hydrogen-bond donors (Lipinski definition) is 1. The maximum absolute atomic E-state index is 12.0. The van der Waals surface area contributed by atoms with Gasteiger partial charge >= 0.3 is 0 Å². The van der Waals surface area contributed by atoms with Gasteiger partial charge in [-0.15, -0.1) is 0 Å². The van der Waals surface area contributed by atoms with Gasteiger partial charge in [0.1, 0.15) is 5.75 Å². The molecular weight excluding hydrogens is 358 g/mol. The fourth-order valence-corrected chi connectivity index (χ4v) is 2.93. The summed E-state index contributed by atoms with van der Waals surface area (Å²) >= 11 is 0. The molecule has 0 fully saturated rings. The number of unbranched alkanes of at least 4 members (excludes halogenated alkanes) is 5. The first-order chi connectivity index (χ1) is 14.3. The molecule has 29 heavy (non-hydrogen) atoms. The zero-order valence-electron chi connectivity index (χ0n) is 18.4. The van der Waals surface area contributed by atoms with Crippen molar-refractivity contribution in [2.45, 2.75) is 78.1 Å². The number of rotatable bonds is 16. The predicted octanol–water partition coefficient (Wildman–Crippen LogP) is 7.61. The molecule has 0 aliphatic carbocycles. The lowest BCUT2D eigenvalue weighted by Crippen LogP contribution is -2.10. The average Bonchev–Trinajstić information content (AvgIpc) is 2.72. The molecule has 1 aromatic carbocycles. The Bertz CT molecular complexity index is 614. The first-order valence-corrected chi connectivity index (χ1v) is 11.2. The van der Waals surface area contributed by atoms with Gasteiger partial charge in [-0.3, -0.25) is 4.79 Å². The van der Waals surface area contributed by atoms with Crippen LogP contribution < -0.4 is 10.1 Å². The van der Waals surface area contributed by atoms with Gasteiger partial charge in [0.15, 0.2) is 0 Å². The van der Waals surface area contributed by atoms with Crippen LogP contribution in [0.1, 0.15) is 78.1 Å². The van der Waals surface area contributed by atoms with Crippen molar-refractivity contribution in [1.82, 2.24) is 0 Å². The molecule has 0 bridgehead atoms. The Morgan fingerprint density at radius 2 is 1.45 bits per heavy atom. The van der Waals surface area contributed by atoms with E-state index in [0.29, 0.717) is 13.0 Å². The van der Waals surface area contributed by atoms with Crippen LogP contribution >= 0.6 is 0 Å². The topological polar surface area (TPSA) is 38.3 Å². The Morgan fingerprint density at radius 1 is 0.828 bits per heavy atom. The van der Waals surface area contributed by atoms with Gasteiger partial charge in [0, 0.05) is 12.1 Å². The number of amides is 1. The number of ether oxygens (including phenoxy) is 1. The van der Waals surface area contributed by atoms with Crippen molar-refractivity contribution in [1.29, 1.82) is 0 Å². The van der Waals surface area contributed by atoms with Crippen molar-refractivity contribution in [2.75, 3.05) is 11.9 Å². The SMILES string of the molecule is CC/C=C\C/C=C\C/C=C\CCCCCCCC(=O)Nc1ccc(OCC)cc1. The minimum absolute atomic E-state index is 0.0929. The number of benzene rings is 1. The molecule has 0 heterocycles. The van der Waals surface area contributed by atoms with Crippen molar-refractivity contribution >= 4 is 11.6 Å². The van der Waals surface area contributed by atoms with E-state index < -0.39 is 0 Å². The Kier molecular flexibility index (Phi) is 15.2. The Balaban J connectivity index is 1.96. The summed E-state index contributed by atoms with van der Waals surface area (Å²) < 4.78 is 5.40. The van der Waals surface area contributed by atoms with E-state index in [1.807, 2.05) is 31.2 Å². The van der Waals surface area contributed by atoms with Gasteiger partial charge in [0.25, 0.3) is 0 Å². The molecule has 0 saturated carbocycles. The average molecular weight is 398 g/mol. The maximum atomic E-state index is 12.0. The van der Waals surface area contributed by atoms with Crippen LogP contribution in [-0.2, 0) is 4.79 Å². The van der Waals surface area contributed by atoms with Crippen LogP contribution in [0.2, 0.25) is 0 Å². The second-order valence-corrected chi connectivity index (χ2v) is 7.11. The molecule has 1 amide bonds. The highest BCUT2D eigenvalue weighted by Gasteiger charge is 2.02. The Hall–Kier alpha value is -2.29. The van der Waals surface area contributed by atoms with E-state index in [1.165, 1.54) is 19.3 Å². The minimum atomic E-state index is 0.0929. The normalized spacial score (nSPS) is 11.7. The molecule has 1 aromatic rings. The lowest BCUT2D eigenvalue weighted by Gasteiger charge is -2.07. The van der Waals surface area contributed by atoms with E-state index in [9.17, 15) is 4.79 Å². The standard InChI is InChI=1S/C26H39NO2/c1-3-5-6-7-8-9-10-11-12-13-14-15-16-17-18-19-26(28)27-24-20-22-25(23-21-24)29-4-2/h5-6,8-9,11-12,20-23H,3-4,7,10,13-19H2,1-2H3,(H,27,28)/b6-5-,9-8-,12-11-. The van der Waals surface area contributed by atoms with Crippen molar-refractivity contribution < 1.29 is 9.53 Å². The van der Waals surface area contributed by atoms with Gasteiger partial charge in [-0.05, 0) is 69.7 Å². The van der Waals surface area contributed by atoms with E-state index in [2.05, 4.69) is 48.7 Å². The van der Waals surface area contributed by atoms with E-state index in [0.717, 1.165) is 50.0 Å². The van der Waals surface area contributed by atoms with Crippen molar-refractivity contribution in [3.05, 3.63) is 60.7 Å². The number of carbonyl (C=O) groups is 1. The molecule has 0 unspecified atom stereocenters. The molecule has 0 spiro atoms. The fraction of sp³-hybridized carbons (Fsp3) is 0.500. The maximum Gasteiger partial charge on any atom is 0.224 e. The van der Waals surface area contributed by atoms with E-state index in [4.69, 9.17) is 4.74 Å². The second kappa shape index (κ2) is 17.8. The van der Waals surface area contributed by atoms with Gasteiger partial charge in [-0.2, -0.15) is 0 Å². The van der Waals surface area contributed by atoms with Crippen molar-refractivity contribution in [2.24, 2.45) is 0 Å². The summed E-state index contributed by atoms with van der Waals surface area (Å²) in [6.07, 6.45) is 24.1. The second-order valence-electron chi connectivity index (χ2n) is 7.11. The van der Waals surface area contributed by atoms with Gasteiger partial charge in [0.05, 0.1) is 6.61 Å². The predicted molar refractivity (Wildman–Crippen MR) is 126 cm³/mol. The van der Waals surface area contributed by atoms with Crippen LogP contribution in [0.25, 0.3) is 0 Å². The molecule has 3 nitrogen and oxygen atoms in total. The summed E-state index contributed by atoms with van der Waals surface area (Å²) in [6, 6.07) is 7.54. The lowest BCUT2D eigenvalue weighted by atomic mass is 10.1. The molecule has 1 N–H and O–H groups in total. The highest BCUT2D eigenvalue weighted by molar-refractivity contribution is 5.90. The zero-order valence-corrected chi connectivity index (χ0v) is 18.4. The van der Waals surface area contributed by atoms with E-state index >= 15 is 0 Å². The summed E-state index contributed by atoms with van der Waals surface area (Å²) in [7, 11) is 0. The molecule has 0 atom stereocenters. The van der Waals surface area contributed by atoms with E-state index in [1.54, 1.807) is 0 Å². The van der Waals surface area contributed by atoms with Gasteiger partial charge in [-0.25, -0.2) is 0 Å². The van der Waals surface area contributed by atoms with Gasteiger partial charge < -0.3 is 10.1 Å². The third-order valence-electron chi connectivity index (χ3n) is 4.50. The monoisotopic (exact) mass is 397 g/mol. The zero-order chi connectivity index (χ0) is 21.0. The largest absolute Gasteiger partial charge is 0.494 e. The quantitative estimate of drug-likeness (QED) is 0.230. The van der Waals surface area contributed by atoms with Crippen LogP contribution in [0.5, 0.6) is 5.75 Å². The number of carbonyl (C=O) groups excluding carboxylic acids is 1. The van der Waals surface area contributed by atoms with E-state index in [-0.39, 0.29) is 5.91 Å². The van der Waals surface area contributed by atoms with Crippen LogP contribution in [0, 0.1) is 0 Å². The fourth-order valence-electron chi connectivity index (χ4n) is 2.93. The number of allylic oxidation sites excluding steroid dienone is 6. The van der Waals surface area contributed by atoms with Crippen LogP contribution in [-0.4, -0.2) is 12.5 Å². The summed E-state index contributed by atoms with van der Waals surface area (Å²) in [5.74, 6) is 0.923. The first-order valence-electron chi connectivity index (χ1n) is 11.2. The van der Waals surface area contributed by atoms with Gasteiger partial charge in [0.2, 0.25) is 5.91 Å². The van der Waals surface area contributed by atoms with Crippen molar-refractivity contribution in [3.63, 3.8) is 0 Å². The Labute approximate surface area is 177 Å². The third kappa shape index (κ3) is 14.4. The summed E-state index contributed by atoms with van der Waals surface area (Å²) in [4.78, 5) is 12.0. The first kappa shape index (κ1) is 24.7. The van der Waals surface area contributed by atoms with Crippen LogP contribution in [0.3, 0.4) is 0 Å². The summed E-state index contributed by atoms with van der Waals surface area (Å²) in [5.41, 5.74) is 0.831. The molecule has 1 rings (SSSR count). The molecule has 0 aliphatic heterocycles. The molecule has 0 aromatic heterocycles. The molecule has 0 radical (unpaired) electrons. The number of anilines is 1. The molecule has 0 aliphatic rings. The molecule has 0 saturated heterocycles. The van der Waals surface area contributed by atoms with Crippen LogP contribution in [0.15, 0.2) is 60.7 Å².